The van der Waals surface area contributed by atoms with E-state index in [2.05, 4.69) is 10.6 Å². The summed E-state index contributed by atoms with van der Waals surface area (Å²) in [7, 11) is 1.51. The van der Waals surface area contributed by atoms with E-state index in [-0.39, 0.29) is 5.56 Å². The van der Waals surface area contributed by atoms with E-state index in [1.807, 2.05) is 0 Å². The van der Waals surface area contributed by atoms with Gasteiger partial charge in [0.15, 0.2) is 0 Å². The zero-order valence-electron chi connectivity index (χ0n) is 16.1. The van der Waals surface area contributed by atoms with Gasteiger partial charge in [-0.05, 0) is 37.1 Å². The summed E-state index contributed by atoms with van der Waals surface area (Å²) < 4.78 is 5.24. The first-order valence-corrected chi connectivity index (χ1v) is 9.56. The molecule has 1 aliphatic carbocycles. The van der Waals surface area contributed by atoms with Crippen molar-refractivity contribution in [1.29, 1.82) is 0 Å². The van der Waals surface area contributed by atoms with Crippen molar-refractivity contribution in [2.75, 3.05) is 17.7 Å². The zero-order chi connectivity index (χ0) is 20.8. The average Bonchev–Trinajstić information content (AvgIpc) is 2.74. The number of hydrogen-bond acceptors (Lipinski definition) is 5. The molecule has 0 aromatic heterocycles. The molecule has 7 nitrogen and oxygen atoms in total. The van der Waals surface area contributed by atoms with Gasteiger partial charge in [-0.15, -0.1) is 0 Å². The second-order valence-electron chi connectivity index (χ2n) is 7.01. The Morgan fingerprint density at radius 2 is 1.52 bits per heavy atom. The molecule has 1 saturated carbocycles. The maximum Gasteiger partial charge on any atom is 0.257 e. The molecule has 0 saturated heterocycles. The molecule has 1 aliphatic rings. The van der Waals surface area contributed by atoms with Crippen LogP contribution < -0.4 is 20.5 Å². The number of para-hydroxylation sites is 3. The van der Waals surface area contributed by atoms with Crippen molar-refractivity contribution in [2.24, 2.45) is 11.8 Å². The fourth-order valence-corrected chi connectivity index (χ4v) is 3.68. The van der Waals surface area contributed by atoms with Gasteiger partial charge in [0, 0.05) is 17.8 Å². The SMILES string of the molecule is COc1ccccc1NC(=O)c1ccccc1NC(=O)[C@@H]1CCCC[C@@H]1C(=O)[O-]. The monoisotopic (exact) mass is 395 g/mol. The Bertz CT molecular complexity index is 912. The van der Waals surface area contributed by atoms with Crippen molar-refractivity contribution >= 4 is 29.2 Å². The van der Waals surface area contributed by atoms with E-state index >= 15 is 0 Å². The highest BCUT2D eigenvalue weighted by molar-refractivity contribution is 6.10. The second-order valence-corrected chi connectivity index (χ2v) is 7.01. The molecule has 0 unspecified atom stereocenters. The van der Waals surface area contributed by atoms with Gasteiger partial charge >= 0.3 is 0 Å². The lowest BCUT2D eigenvalue weighted by Crippen LogP contribution is -2.42. The molecule has 1 fully saturated rings. The molecule has 0 spiro atoms. The minimum atomic E-state index is -1.20. The lowest BCUT2D eigenvalue weighted by Gasteiger charge is -2.31. The summed E-state index contributed by atoms with van der Waals surface area (Å²) in [6, 6.07) is 13.6. The van der Waals surface area contributed by atoms with Gasteiger partial charge in [-0.3, -0.25) is 9.59 Å². The summed E-state index contributed by atoms with van der Waals surface area (Å²) in [6.07, 6.45) is 2.47. The van der Waals surface area contributed by atoms with Crippen LogP contribution in [0, 0.1) is 11.8 Å². The summed E-state index contributed by atoms with van der Waals surface area (Å²) in [4.78, 5) is 37.0. The van der Waals surface area contributed by atoms with Gasteiger partial charge in [-0.1, -0.05) is 37.1 Å². The summed E-state index contributed by atoms with van der Waals surface area (Å²) in [6.45, 7) is 0. The molecule has 2 N–H and O–H groups in total. The molecule has 2 aromatic carbocycles. The van der Waals surface area contributed by atoms with Crippen LogP contribution in [0.15, 0.2) is 48.5 Å². The molecule has 0 aliphatic heterocycles. The highest BCUT2D eigenvalue weighted by atomic mass is 16.5. The molecule has 0 bridgehead atoms. The number of methoxy groups -OCH3 is 1. The van der Waals surface area contributed by atoms with E-state index < -0.39 is 29.6 Å². The fourth-order valence-electron chi connectivity index (χ4n) is 3.68. The Morgan fingerprint density at radius 3 is 2.21 bits per heavy atom. The largest absolute Gasteiger partial charge is 0.550 e. The van der Waals surface area contributed by atoms with Crippen molar-refractivity contribution in [3.05, 3.63) is 54.1 Å². The minimum Gasteiger partial charge on any atom is -0.550 e. The van der Waals surface area contributed by atoms with E-state index in [0.717, 1.165) is 12.8 Å². The molecular formula is C22H23N2O5-. The zero-order valence-corrected chi connectivity index (χ0v) is 16.1. The summed E-state index contributed by atoms with van der Waals surface area (Å²) >= 11 is 0. The first kappa shape index (κ1) is 20.4. The molecule has 7 heteroatoms. The third kappa shape index (κ3) is 4.74. The second kappa shape index (κ2) is 9.23. The van der Waals surface area contributed by atoms with Crippen molar-refractivity contribution in [3.63, 3.8) is 0 Å². The number of ether oxygens (including phenoxy) is 1. The van der Waals surface area contributed by atoms with Crippen LogP contribution in [0.5, 0.6) is 5.75 Å². The summed E-state index contributed by atoms with van der Waals surface area (Å²) in [5.41, 5.74) is 1.10. The van der Waals surface area contributed by atoms with Crippen LogP contribution in [0.2, 0.25) is 0 Å². The highest BCUT2D eigenvalue weighted by Crippen LogP contribution is 2.31. The number of anilines is 2. The maximum atomic E-state index is 12.8. The van der Waals surface area contributed by atoms with Crippen molar-refractivity contribution < 1.29 is 24.2 Å². The Labute approximate surface area is 169 Å². The van der Waals surface area contributed by atoms with E-state index in [1.54, 1.807) is 48.5 Å². The average molecular weight is 395 g/mol. The predicted octanol–water partition coefficient (Wildman–Crippen LogP) is 2.44. The number of carboxylic acids is 1. The molecular weight excluding hydrogens is 372 g/mol. The molecule has 152 valence electrons. The number of carboxylic acid groups (broad SMARTS) is 1. The lowest BCUT2D eigenvalue weighted by atomic mass is 9.78. The van der Waals surface area contributed by atoms with E-state index in [0.29, 0.717) is 30.0 Å². The smallest absolute Gasteiger partial charge is 0.257 e. The molecule has 0 heterocycles. The van der Waals surface area contributed by atoms with Crippen molar-refractivity contribution in [1.82, 2.24) is 0 Å². The van der Waals surface area contributed by atoms with Crippen LogP contribution in [0.3, 0.4) is 0 Å². The van der Waals surface area contributed by atoms with Gasteiger partial charge in [0.2, 0.25) is 5.91 Å². The van der Waals surface area contributed by atoms with Crippen LogP contribution >= 0.6 is 0 Å². The number of aliphatic carboxylic acids is 1. The molecule has 2 atom stereocenters. The summed E-state index contributed by atoms with van der Waals surface area (Å²) in [5.74, 6) is -2.98. The maximum absolute atomic E-state index is 12.8. The van der Waals surface area contributed by atoms with Gasteiger partial charge in [0.1, 0.15) is 5.75 Å². The Morgan fingerprint density at radius 1 is 0.897 bits per heavy atom. The summed E-state index contributed by atoms with van der Waals surface area (Å²) in [5, 5.41) is 16.9. The Hall–Kier alpha value is -3.35. The Balaban J connectivity index is 1.79. The highest BCUT2D eigenvalue weighted by Gasteiger charge is 2.32. The number of carbonyl (C=O) groups is 3. The first-order chi connectivity index (χ1) is 14.0. The molecule has 3 rings (SSSR count). The fraction of sp³-hybridized carbons (Fsp3) is 0.318. The van der Waals surface area contributed by atoms with Crippen LogP contribution in [-0.2, 0) is 9.59 Å². The number of nitrogens with one attached hydrogen (secondary N) is 2. The van der Waals surface area contributed by atoms with Crippen LogP contribution in [0.25, 0.3) is 0 Å². The minimum absolute atomic E-state index is 0.271. The van der Waals surface area contributed by atoms with Crippen molar-refractivity contribution in [2.45, 2.75) is 25.7 Å². The number of amides is 2. The van der Waals surface area contributed by atoms with Gasteiger partial charge in [0.25, 0.3) is 5.91 Å². The van der Waals surface area contributed by atoms with Crippen LogP contribution in [0.4, 0.5) is 11.4 Å². The molecule has 29 heavy (non-hydrogen) atoms. The predicted molar refractivity (Wildman–Crippen MR) is 106 cm³/mol. The Kier molecular flexibility index (Phi) is 6.49. The van der Waals surface area contributed by atoms with Gasteiger partial charge in [-0.25, -0.2) is 0 Å². The van der Waals surface area contributed by atoms with Crippen molar-refractivity contribution in [3.8, 4) is 5.75 Å². The molecule has 2 aromatic rings. The number of rotatable bonds is 6. The molecule has 0 radical (unpaired) electrons. The van der Waals surface area contributed by atoms with E-state index in [1.165, 1.54) is 7.11 Å². The number of benzene rings is 2. The van der Waals surface area contributed by atoms with Crippen LogP contribution in [0.1, 0.15) is 36.0 Å². The van der Waals surface area contributed by atoms with E-state index in [9.17, 15) is 19.5 Å². The third-order valence-electron chi connectivity index (χ3n) is 5.19. The van der Waals surface area contributed by atoms with E-state index in [4.69, 9.17) is 4.74 Å². The normalized spacial score (nSPS) is 18.5. The van der Waals surface area contributed by atoms with Gasteiger partial charge < -0.3 is 25.3 Å². The third-order valence-corrected chi connectivity index (χ3v) is 5.19. The lowest BCUT2D eigenvalue weighted by molar-refractivity contribution is -0.313. The topological polar surface area (TPSA) is 108 Å². The number of hydrogen-bond donors (Lipinski definition) is 2. The quantitative estimate of drug-likeness (QED) is 0.781. The van der Waals surface area contributed by atoms with Gasteiger partial charge in [0.05, 0.1) is 24.0 Å². The van der Waals surface area contributed by atoms with Crippen LogP contribution in [-0.4, -0.2) is 24.9 Å². The van der Waals surface area contributed by atoms with Gasteiger partial charge in [-0.2, -0.15) is 0 Å². The standard InChI is InChI=1S/C22H24N2O5/c1-29-19-13-7-6-12-18(19)24-21(26)16-10-4-5-11-17(16)23-20(25)14-8-2-3-9-15(14)22(27)28/h4-7,10-15H,2-3,8-9H2,1H3,(H,23,25)(H,24,26)(H,27,28)/p-1/t14-,15+/m1/s1. The first-order valence-electron chi connectivity index (χ1n) is 9.56. The number of carbonyl (C=O) groups excluding carboxylic acids is 3. The molecule has 2 amide bonds.